The van der Waals surface area contributed by atoms with E-state index >= 15 is 0 Å². The molecule has 26 heavy (non-hydrogen) atoms. The number of benzene rings is 1. The lowest BCUT2D eigenvalue weighted by molar-refractivity contribution is -0.202. The molecule has 1 unspecified atom stereocenters. The van der Waals surface area contributed by atoms with E-state index in [4.69, 9.17) is 0 Å². The van der Waals surface area contributed by atoms with Gasteiger partial charge in [0.15, 0.2) is 0 Å². The van der Waals surface area contributed by atoms with Crippen LogP contribution in [0.2, 0.25) is 0 Å². The molecule has 3 rings (SSSR count). The third-order valence-electron chi connectivity index (χ3n) is 3.87. The molecule has 0 saturated carbocycles. The Morgan fingerprint density at radius 2 is 1.92 bits per heavy atom. The zero-order valence-corrected chi connectivity index (χ0v) is 13.7. The maximum atomic E-state index is 13.8. The Kier molecular flexibility index (Phi) is 4.17. The van der Waals surface area contributed by atoms with Crippen LogP contribution in [-0.4, -0.2) is 41.5 Å². The summed E-state index contributed by atoms with van der Waals surface area (Å²) >= 11 is 0. The molecule has 2 aliphatic rings. The molecular weight excluding hydrogens is 354 g/mol. The lowest BCUT2D eigenvalue weighted by Gasteiger charge is -2.37. The second-order valence-electron chi connectivity index (χ2n) is 5.60. The van der Waals surface area contributed by atoms with Crippen LogP contribution in [0.4, 0.5) is 17.6 Å². The molecule has 0 N–H and O–H groups in total. The van der Waals surface area contributed by atoms with Gasteiger partial charge < -0.3 is 4.74 Å². The summed E-state index contributed by atoms with van der Waals surface area (Å²) in [5, 5.41) is 0. The molecule has 0 aliphatic carbocycles. The van der Waals surface area contributed by atoms with E-state index in [2.05, 4.69) is 14.7 Å². The van der Waals surface area contributed by atoms with Gasteiger partial charge in [0.1, 0.15) is 17.5 Å². The number of halogens is 4. The number of esters is 1. The highest BCUT2D eigenvalue weighted by atomic mass is 19.4. The Morgan fingerprint density at radius 1 is 1.23 bits per heavy atom. The van der Waals surface area contributed by atoms with Crippen LogP contribution in [0, 0.1) is 5.82 Å². The Labute approximate surface area is 146 Å². The van der Waals surface area contributed by atoms with Crippen molar-refractivity contribution in [2.24, 2.45) is 9.98 Å². The van der Waals surface area contributed by atoms with E-state index in [0.717, 1.165) is 19.2 Å². The van der Waals surface area contributed by atoms with Crippen LogP contribution in [0.5, 0.6) is 0 Å². The van der Waals surface area contributed by atoms with Crippen LogP contribution in [0.3, 0.4) is 0 Å². The summed E-state index contributed by atoms with van der Waals surface area (Å²) in [6.45, 7) is 1.54. The van der Waals surface area contributed by atoms with Gasteiger partial charge in [-0.2, -0.15) is 13.2 Å². The molecule has 136 valence electrons. The Balaban J connectivity index is 2.31. The van der Waals surface area contributed by atoms with Gasteiger partial charge in [-0.25, -0.2) is 19.2 Å². The number of hydrogen-bond acceptors (Lipinski definition) is 5. The number of carbonyl (C=O) groups excluding carboxylic acids is 1. The minimum Gasteiger partial charge on any atom is -0.465 e. The number of methoxy groups -OCH3 is 1. The quantitative estimate of drug-likeness (QED) is 0.596. The van der Waals surface area contributed by atoms with Crippen LogP contribution < -0.4 is 0 Å². The first-order valence-corrected chi connectivity index (χ1v) is 7.45. The summed E-state index contributed by atoms with van der Waals surface area (Å²) in [5.74, 6) is -2.71. The third-order valence-corrected chi connectivity index (χ3v) is 3.87. The van der Waals surface area contributed by atoms with Gasteiger partial charge in [-0.15, -0.1) is 0 Å². The normalized spacial score (nSPS) is 22.2. The van der Waals surface area contributed by atoms with Crippen molar-refractivity contribution in [3.63, 3.8) is 0 Å². The number of allylic oxidation sites excluding steroid dienone is 2. The molecule has 0 spiro atoms. The smallest absolute Gasteiger partial charge is 0.445 e. The number of ether oxygens (including phenoxy) is 1. The first-order chi connectivity index (χ1) is 12.2. The number of alkyl halides is 3. The van der Waals surface area contributed by atoms with Crippen LogP contribution in [0.15, 0.2) is 58.2 Å². The monoisotopic (exact) mass is 367 g/mol. The summed E-state index contributed by atoms with van der Waals surface area (Å²) in [6, 6.07) is 4.91. The van der Waals surface area contributed by atoms with E-state index in [-0.39, 0.29) is 17.2 Å². The molecule has 9 heteroatoms. The predicted octanol–water partition coefficient (Wildman–Crippen LogP) is 3.19. The van der Waals surface area contributed by atoms with Gasteiger partial charge in [0.2, 0.25) is 0 Å². The highest BCUT2D eigenvalue weighted by Crippen LogP contribution is 2.40. The predicted molar refractivity (Wildman–Crippen MR) is 85.9 cm³/mol. The molecule has 2 aliphatic heterocycles. The highest BCUT2D eigenvalue weighted by Gasteiger charge is 2.65. The van der Waals surface area contributed by atoms with Gasteiger partial charge >= 0.3 is 17.8 Å². The van der Waals surface area contributed by atoms with Crippen molar-refractivity contribution in [2.75, 3.05) is 7.11 Å². The van der Waals surface area contributed by atoms with Crippen LogP contribution >= 0.6 is 0 Å². The average molecular weight is 367 g/mol. The molecule has 0 aromatic heterocycles. The Hall–Kier alpha value is -2.97. The van der Waals surface area contributed by atoms with Crippen LogP contribution in [-0.2, 0) is 9.53 Å². The number of rotatable bonds is 2. The number of amidine groups is 2. The van der Waals surface area contributed by atoms with E-state index in [1.807, 2.05) is 0 Å². The number of fused-ring (bicyclic) bond motifs is 1. The van der Waals surface area contributed by atoms with E-state index < -0.39 is 23.6 Å². The van der Waals surface area contributed by atoms with E-state index in [1.54, 1.807) is 19.1 Å². The molecule has 0 bridgehead atoms. The fourth-order valence-electron chi connectivity index (χ4n) is 2.61. The summed E-state index contributed by atoms with van der Waals surface area (Å²) in [4.78, 5) is 20.5. The summed E-state index contributed by atoms with van der Waals surface area (Å²) < 4.78 is 59.5. The van der Waals surface area contributed by atoms with E-state index in [9.17, 15) is 22.4 Å². The van der Waals surface area contributed by atoms with Gasteiger partial charge in [-0.1, -0.05) is 18.2 Å². The largest absolute Gasteiger partial charge is 0.465 e. The summed E-state index contributed by atoms with van der Waals surface area (Å²) in [5.41, 5.74) is -3.02. The fourth-order valence-corrected chi connectivity index (χ4v) is 2.61. The first kappa shape index (κ1) is 17.8. The number of nitrogens with zero attached hydrogens (tertiary/aromatic N) is 3. The van der Waals surface area contributed by atoms with Crippen molar-refractivity contribution in [3.05, 3.63) is 59.6 Å². The van der Waals surface area contributed by atoms with Gasteiger partial charge in [0, 0.05) is 11.8 Å². The molecule has 2 heterocycles. The van der Waals surface area contributed by atoms with E-state index in [1.165, 1.54) is 23.2 Å². The number of carbonyl (C=O) groups is 1. The zero-order chi connectivity index (χ0) is 19.1. The lowest BCUT2D eigenvalue weighted by Crippen LogP contribution is -2.56. The van der Waals surface area contributed by atoms with Crippen LogP contribution in [0.25, 0.3) is 0 Å². The molecular formula is C17H13F4N3O2. The SMILES string of the molecule is COC(=O)C1(C(F)(F)F)N=C2C(C)=CC=CN2C(c2cccc(F)c2)=N1. The molecule has 0 fully saturated rings. The van der Waals surface area contributed by atoms with Gasteiger partial charge in [0.05, 0.1) is 7.11 Å². The molecule has 0 saturated heterocycles. The van der Waals surface area contributed by atoms with E-state index in [0.29, 0.717) is 5.57 Å². The average Bonchev–Trinajstić information content (AvgIpc) is 2.59. The third kappa shape index (κ3) is 2.69. The maximum Gasteiger partial charge on any atom is 0.445 e. The maximum absolute atomic E-state index is 13.8. The van der Waals surface area contributed by atoms with Crippen molar-refractivity contribution in [2.45, 2.75) is 18.8 Å². The van der Waals surface area contributed by atoms with Gasteiger partial charge in [0.25, 0.3) is 0 Å². The van der Waals surface area contributed by atoms with Crippen molar-refractivity contribution in [1.82, 2.24) is 4.90 Å². The van der Waals surface area contributed by atoms with Gasteiger partial charge in [-0.05, 0) is 30.7 Å². The molecule has 5 nitrogen and oxygen atoms in total. The lowest BCUT2D eigenvalue weighted by atomic mass is 10.0. The number of hydrogen-bond donors (Lipinski definition) is 0. The second kappa shape index (κ2) is 6.08. The molecule has 0 amide bonds. The van der Waals surface area contributed by atoms with Crippen molar-refractivity contribution < 1.29 is 27.1 Å². The van der Waals surface area contributed by atoms with Gasteiger partial charge in [-0.3, -0.25) is 4.90 Å². The van der Waals surface area contributed by atoms with Crippen molar-refractivity contribution in [3.8, 4) is 0 Å². The standard InChI is InChI=1S/C17H13F4N3O2/c1-10-5-4-8-24-13(10)22-16(15(25)26-2,17(19,20)21)23-14(24)11-6-3-7-12(18)9-11/h3-9H,1-2H3. The Morgan fingerprint density at radius 3 is 2.54 bits per heavy atom. The van der Waals surface area contributed by atoms with Crippen LogP contribution in [0.1, 0.15) is 12.5 Å². The highest BCUT2D eigenvalue weighted by molar-refractivity contribution is 6.18. The molecule has 1 aromatic carbocycles. The topological polar surface area (TPSA) is 54.3 Å². The Bertz CT molecular complexity index is 886. The molecule has 1 atom stereocenters. The summed E-state index contributed by atoms with van der Waals surface area (Å²) in [7, 11) is 0.823. The van der Waals surface area contributed by atoms with Crippen molar-refractivity contribution >= 4 is 17.6 Å². The number of aliphatic imine (C=N–C) groups is 2. The second-order valence-corrected chi connectivity index (χ2v) is 5.60. The van der Waals surface area contributed by atoms with Crippen molar-refractivity contribution in [1.29, 1.82) is 0 Å². The minimum atomic E-state index is -5.15. The first-order valence-electron chi connectivity index (χ1n) is 7.45. The zero-order valence-electron chi connectivity index (χ0n) is 13.7. The fraction of sp³-hybridized carbons (Fsp3) is 0.235. The molecule has 0 radical (unpaired) electrons. The minimum absolute atomic E-state index is 0.0641. The summed E-state index contributed by atoms with van der Waals surface area (Å²) in [6.07, 6.45) is -0.587. The molecule has 1 aromatic rings.